The number of anilines is 1. The highest BCUT2D eigenvalue weighted by Crippen LogP contribution is 2.35. The zero-order valence-corrected chi connectivity index (χ0v) is 13.1. The number of hydrogen-bond acceptors (Lipinski definition) is 2. The van der Waals surface area contributed by atoms with Crippen molar-refractivity contribution in [3.63, 3.8) is 0 Å². The molecule has 19 heavy (non-hydrogen) atoms. The monoisotopic (exact) mass is 378 g/mol. The van der Waals surface area contributed by atoms with Gasteiger partial charge in [0.05, 0.1) is 15.7 Å². The van der Waals surface area contributed by atoms with E-state index in [1.807, 2.05) is 0 Å². The number of aromatic nitrogens is 1. The number of nitrogens with one attached hydrogen (secondary N) is 1. The molecular formula is C12H6BrCl3N2O. The maximum Gasteiger partial charge on any atom is 0.274 e. The van der Waals surface area contributed by atoms with E-state index in [1.54, 1.807) is 30.3 Å². The first-order valence-corrected chi connectivity index (χ1v) is 6.99. The summed E-state index contributed by atoms with van der Waals surface area (Å²) in [7, 11) is 0. The first-order valence-electron chi connectivity index (χ1n) is 5.06. The number of pyridine rings is 1. The van der Waals surface area contributed by atoms with Crippen molar-refractivity contribution in [1.29, 1.82) is 0 Å². The molecule has 2 aromatic rings. The maximum absolute atomic E-state index is 12.0. The number of nitrogens with zero attached hydrogens (tertiary/aromatic N) is 1. The van der Waals surface area contributed by atoms with Crippen molar-refractivity contribution in [2.45, 2.75) is 0 Å². The molecule has 0 unspecified atom stereocenters. The van der Waals surface area contributed by atoms with Crippen LogP contribution in [0.2, 0.25) is 15.2 Å². The molecule has 1 N–H and O–H groups in total. The van der Waals surface area contributed by atoms with Gasteiger partial charge in [-0.1, -0.05) is 40.9 Å². The SMILES string of the molecule is O=C(Nc1ccc(Br)c(Cl)c1Cl)c1cccc(Cl)n1. The Labute approximate surface area is 133 Å². The van der Waals surface area contributed by atoms with Gasteiger partial charge in [-0.25, -0.2) is 4.98 Å². The molecule has 0 spiro atoms. The molecule has 0 aliphatic carbocycles. The van der Waals surface area contributed by atoms with Gasteiger partial charge in [-0.15, -0.1) is 0 Å². The fourth-order valence-electron chi connectivity index (χ4n) is 1.34. The average Bonchev–Trinajstić information content (AvgIpc) is 2.39. The second-order valence-corrected chi connectivity index (χ2v) is 5.52. The summed E-state index contributed by atoms with van der Waals surface area (Å²) in [6, 6.07) is 8.10. The Hall–Kier alpha value is -0.810. The molecule has 2 rings (SSSR count). The molecular weight excluding hydrogens is 374 g/mol. The molecule has 0 bridgehead atoms. The molecule has 1 aromatic carbocycles. The highest BCUT2D eigenvalue weighted by molar-refractivity contribution is 9.10. The van der Waals surface area contributed by atoms with Gasteiger partial charge in [-0.05, 0) is 40.2 Å². The minimum atomic E-state index is -0.414. The molecule has 0 saturated heterocycles. The molecule has 0 aliphatic rings. The Kier molecular flexibility index (Phi) is 4.68. The highest BCUT2D eigenvalue weighted by atomic mass is 79.9. The molecule has 0 fully saturated rings. The molecule has 3 nitrogen and oxygen atoms in total. The van der Waals surface area contributed by atoms with Crippen LogP contribution in [0.3, 0.4) is 0 Å². The second kappa shape index (κ2) is 6.09. The lowest BCUT2D eigenvalue weighted by Gasteiger charge is -2.09. The third kappa shape index (κ3) is 3.39. The normalized spacial score (nSPS) is 10.3. The van der Waals surface area contributed by atoms with Crippen LogP contribution in [0, 0.1) is 0 Å². The van der Waals surface area contributed by atoms with Gasteiger partial charge in [0, 0.05) is 4.47 Å². The Morgan fingerprint density at radius 3 is 2.53 bits per heavy atom. The summed E-state index contributed by atoms with van der Waals surface area (Å²) >= 11 is 21.0. The zero-order chi connectivity index (χ0) is 14.0. The van der Waals surface area contributed by atoms with E-state index in [0.717, 1.165) is 0 Å². The minimum absolute atomic E-state index is 0.197. The Balaban J connectivity index is 2.27. The van der Waals surface area contributed by atoms with E-state index in [4.69, 9.17) is 34.8 Å². The number of amides is 1. The van der Waals surface area contributed by atoms with E-state index >= 15 is 0 Å². The summed E-state index contributed by atoms with van der Waals surface area (Å²) in [5, 5.41) is 3.46. The average molecular weight is 380 g/mol. The second-order valence-electron chi connectivity index (χ2n) is 3.52. The zero-order valence-electron chi connectivity index (χ0n) is 9.25. The summed E-state index contributed by atoms with van der Waals surface area (Å²) in [5.74, 6) is -0.414. The van der Waals surface area contributed by atoms with Gasteiger partial charge in [0.25, 0.3) is 5.91 Å². The van der Waals surface area contributed by atoms with Crippen LogP contribution < -0.4 is 5.32 Å². The Bertz CT molecular complexity index is 649. The topological polar surface area (TPSA) is 42.0 Å². The molecule has 0 radical (unpaired) electrons. The number of benzene rings is 1. The van der Waals surface area contributed by atoms with Crippen LogP contribution in [0.4, 0.5) is 5.69 Å². The number of rotatable bonds is 2. The molecule has 7 heteroatoms. The van der Waals surface area contributed by atoms with Crippen LogP contribution in [-0.2, 0) is 0 Å². The fourth-order valence-corrected chi connectivity index (χ4v) is 2.33. The van der Waals surface area contributed by atoms with Gasteiger partial charge >= 0.3 is 0 Å². The quantitative estimate of drug-likeness (QED) is 0.585. The van der Waals surface area contributed by atoms with Crippen LogP contribution >= 0.6 is 50.7 Å². The van der Waals surface area contributed by atoms with Crippen LogP contribution in [0.1, 0.15) is 10.5 Å². The largest absolute Gasteiger partial charge is 0.319 e. The van der Waals surface area contributed by atoms with Gasteiger partial charge in [0.2, 0.25) is 0 Å². The molecule has 1 heterocycles. The number of carbonyl (C=O) groups excluding carboxylic acids is 1. The van der Waals surface area contributed by atoms with Crippen molar-refractivity contribution in [3.05, 3.63) is 55.7 Å². The predicted molar refractivity (Wildman–Crippen MR) is 81.4 cm³/mol. The molecule has 98 valence electrons. The van der Waals surface area contributed by atoms with Gasteiger partial charge < -0.3 is 5.32 Å². The van der Waals surface area contributed by atoms with Crippen molar-refractivity contribution >= 4 is 62.3 Å². The van der Waals surface area contributed by atoms with E-state index in [2.05, 4.69) is 26.2 Å². The third-order valence-electron chi connectivity index (χ3n) is 2.23. The summed E-state index contributed by atoms with van der Waals surface area (Å²) in [6.07, 6.45) is 0. The van der Waals surface area contributed by atoms with E-state index < -0.39 is 5.91 Å². The van der Waals surface area contributed by atoms with E-state index in [1.165, 1.54) is 0 Å². The van der Waals surface area contributed by atoms with Crippen LogP contribution in [0.15, 0.2) is 34.8 Å². The van der Waals surface area contributed by atoms with E-state index in [9.17, 15) is 4.79 Å². The first kappa shape index (κ1) is 14.6. The lowest BCUT2D eigenvalue weighted by Crippen LogP contribution is -2.14. The van der Waals surface area contributed by atoms with Gasteiger partial charge in [-0.3, -0.25) is 4.79 Å². The fraction of sp³-hybridized carbons (Fsp3) is 0. The standard InChI is InChI=1S/C12H6BrCl3N2O/c13-6-4-5-7(11(16)10(6)15)18-12(19)8-2-1-3-9(14)17-8/h1-5H,(H,18,19). The lowest BCUT2D eigenvalue weighted by molar-refractivity contribution is 0.102. The first-order chi connectivity index (χ1) is 8.99. The van der Waals surface area contributed by atoms with Crippen molar-refractivity contribution in [2.24, 2.45) is 0 Å². The highest BCUT2D eigenvalue weighted by Gasteiger charge is 2.13. The van der Waals surface area contributed by atoms with Crippen LogP contribution in [0.25, 0.3) is 0 Å². The lowest BCUT2D eigenvalue weighted by atomic mass is 10.3. The van der Waals surface area contributed by atoms with Crippen LogP contribution in [0.5, 0.6) is 0 Å². The molecule has 0 atom stereocenters. The summed E-state index contributed by atoms with van der Waals surface area (Å²) < 4.78 is 0.651. The summed E-state index contributed by atoms with van der Waals surface area (Å²) in [4.78, 5) is 15.9. The smallest absolute Gasteiger partial charge is 0.274 e. The van der Waals surface area contributed by atoms with Crippen molar-refractivity contribution in [3.8, 4) is 0 Å². The summed E-state index contributed by atoms with van der Waals surface area (Å²) in [6.45, 7) is 0. The summed E-state index contributed by atoms with van der Waals surface area (Å²) in [5.41, 5.74) is 0.601. The Morgan fingerprint density at radius 1 is 1.11 bits per heavy atom. The third-order valence-corrected chi connectivity index (χ3v) is 4.21. The van der Waals surface area contributed by atoms with Crippen molar-refractivity contribution < 1.29 is 4.79 Å². The molecule has 0 aliphatic heterocycles. The minimum Gasteiger partial charge on any atom is -0.319 e. The molecule has 0 saturated carbocycles. The van der Waals surface area contributed by atoms with Gasteiger partial charge in [0.15, 0.2) is 0 Å². The van der Waals surface area contributed by atoms with Crippen molar-refractivity contribution in [1.82, 2.24) is 4.98 Å². The number of carbonyl (C=O) groups is 1. The Morgan fingerprint density at radius 2 is 1.84 bits per heavy atom. The maximum atomic E-state index is 12.0. The van der Waals surface area contributed by atoms with Gasteiger partial charge in [-0.2, -0.15) is 0 Å². The van der Waals surface area contributed by atoms with Gasteiger partial charge in [0.1, 0.15) is 10.8 Å². The van der Waals surface area contributed by atoms with E-state index in [-0.39, 0.29) is 15.9 Å². The number of halogens is 4. The molecule has 1 amide bonds. The number of hydrogen-bond donors (Lipinski definition) is 1. The molecule has 1 aromatic heterocycles. The predicted octanol–water partition coefficient (Wildman–Crippen LogP) is 5.06. The van der Waals surface area contributed by atoms with E-state index in [0.29, 0.717) is 15.2 Å². The van der Waals surface area contributed by atoms with Crippen molar-refractivity contribution in [2.75, 3.05) is 5.32 Å². The van der Waals surface area contributed by atoms with Crippen LogP contribution in [-0.4, -0.2) is 10.9 Å².